The highest BCUT2D eigenvalue weighted by Gasteiger charge is 2.35. The number of para-hydroxylation sites is 1. The van der Waals surface area contributed by atoms with Gasteiger partial charge in [-0.3, -0.25) is 14.9 Å². The normalized spacial score (nSPS) is 14.8. The van der Waals surface area contributed by atoms with Gasteiger partial charge in [-0.25, -0.2) is 9.29 Å². The van der Waals surface area contributed by atoms with E-state index in [1.54, 1.807) is 12.1 Å². The number of benzene rings is 3. The van der Waals surface area contributed by atoms with Gasteiger partial charge in [-0.2, -0.15) is 0 Å². The predicted octanol–water partition coefficient (Wildman–Crippen LogP) is 5.66. The summed E-state index contributed by atoms with van der Waals surface area (Å²) in [5.41, 5.74) is 1.01. The SMILES string of the molecule is COc1cc(/C=C2\C(=O)NC(=S)N(c3ccccc3F)C2=O)cc(Cl)c1OCc1ccc(Br)cc1. The molecule has 1 fully saturated rings. The van der Waals surface area contributed by atoms with Crippen LogP contribution >= 0.6 is 39.7 Å². The molecule has 6 nitrogen and oxygen atoms in total. The van der Waals surface area contributed by atoms with Crippen LogP contribution in [-0.4, -0.2) is 24.0 Å². The van der Waals surface area contributed by atoms with Gasteiger partial charge in [0.15, 0.2) is 16.6 Å². The highest BCUT2D eigenvalue weighted by Crippen LogP contribution is 2.38. The molecule has 10 heteroatoms. The second kappa shape index (κ2) is 10.6. The molecule has 0 spiro atoms. The van der Waals surface area contributed by atoms with Crippen LogP contribution in [0.25, 0.3) is 6.08 Å². The van der Waals surface area contributed by atoms with Crippen molar-refractivity contribution < 1.29 is 23.5 Å². The van der Waals surface area contributed by atoms with Crippen molar-refractivity contribution in [2.75, 3.05) is 12.0 Å². The van der Waals surface area contributed by atoms with Crippen LogP contribution in [0.15, 0.2) is 70.7 Å². The van der Waals surface area contributed by atoms with Crippen LogP contribution in [0.5, 0.6) is 11.5 Å². The first-order chi connectivity index (χ1) is 16.8. The lowest BCUT2D eigenvalue weighted by Crippen LogP contribution is -2.54. The summed E-state index contributed by atoms with van der Waals surface area (Å²) >= 11 is 15.0. The molecular weight excluding hydrogens is 559 g/mol. The maximum Gasteiger partial charge on any atom is 0.270 e. The molecule has 2 amide bonds. The van der Waals surface area contributed by atoms with Crippen LogP contribution in [0.1, 0.15) is 11.1 Å². The summed E-state index contributed by atoms with van der Waals surface area (Å²) in [6.45, 7) is 0.250. The summed E-state index contributed by atoms with van der Waals surface area (Å²) in [6.07, 6.45) is 1.33. The fraction of sp³-hybridized carbons (Fsp3) is 0.0800. The summed E-state index contributed by atoms with van der Waals surface area (Å²) in [5.74, 6) is -1.51. The standard InChI is InChI=1S/C25H17BrClFN2O4S/c1-33-21-12-15(11-18(27)22(21)34-13-14-6-8-16(26)9-7-14)10-17-23(31)29-25(35)30(24(17)32)20-5-3-2-4-19(20)28/h2-12H,13H2,1H3,(H,29,31,35)/b17-10+. The number of halogens is 3. The van der Waals surface area contributed by atoms with Gasteiger partial charge in [0.1, 0.15) is 18.0 Å². The molecular formula is C25H17BrClFN2O4S. The second-order valence-corrected chi connectivity index (χ2v) is 9.07. The van der Waals surface area contributed by atoms with E-state index in [0.717, 1.165) is 14.9 Å². The van der Waals surface area contributed by atoms with Gasteiger partial charge < -0.3 is 9.47 Å². The first kappa shape index (κ1) is 24.8. The zero-order chi connectivity index (χ0) is 25.1. The Morgan fingerprint density at radius 1 is 1.14 bits per heavy atom. The fourth-order valence-electron chi connectivity index (χ4n) is 3.38. The minimum Gasteiger partial charge on any atom is -0.493 e. The zero-order valence-electron chi connectivity index (χ0n) is 18.2. The molecule has 178 valence electrons. The molecule has 0 atom stereocenters. The molecule has 1 aliphatic heterocycles. The third-order valence-electron chi connectivity index (χ3n) is 5.05. The Bertz CT molecular complexity index is 1360. The number of hydrogen-bond acceptors (Lipinski definition) is 5. The largest absolute Gasteiger partial charge is 0.493 e. The van der Waals surface area contributed by atoms with Crippen molar-refractivity contribution in [2.24, 2.45) is 0 Å². The number of methoxy groups -OCH3 is 1. The van der Waals surface area contributed by atoms with Crippen molar-refractivity contribution >= 4 is 68.4 Å². The van der Waals surface area contributed by atoms with Gasteiger partial charge >= 0.3 is 0 Å². The number of thiocarbonyl (C=S) groups is 1. The van der Waals surface area contributed by atoms with Crippen molar-refractivity contribution in [3.8, 4) is 11.5 Å². The molecule has 1 heterocycles. The zero-order valence-corrected chi connectivity index (χ0v) is 21.3. The van der Waals surface area contributed by atoms with Crippen LogP contribution < -0.4 is 19.7 Å². The van der Waals surface area contributed by atoms with Gasteiger partial charge in [-0.1, -0.05) is 51.8 Å². The third kappa shape index (κ3) is 5.37. The minimum absolute atomic E-state index is 0.0688. The molecule has 4 rings (SSSR count). The lowest BCUT2D eigenvalue weighted by Gasteiger charge is -2.29. The van der Waals surface area contributed by atoms with Crippen molar-refractivity contribution in [1.82, 2.24) is 5.32 Å². The van der Waals surface area contributed by atoms with E-state index < -0.39 is 17.6 Å². The highest BCUT2D eigenvalue weighted by atomic mass is 79.9. The second-order valence-electron chi connectivity index (χ2n) is 7.36. The number of rotatable bonds is 6. The van der Waals surface area contributed by atoms with Crippen LogP contribution in [0.2, 0.25) is 5.02 Å². The topological polar surface area (TPSA) is 67.9 Å². The molecule has 0 unspecified atom stereocenters. The molecule has 0 radical (unpaired) electrons. The van der Waals surface area contributed by atoms with Gasteiger partial charge in [0.25, 0.3) is 11.8 Å². The quantitative estimate of drug-likeness (QED) is 0.233. The molecule has 0 aromatic heterocycles. The Morgan fingerprint density at radius 2 is 1.86 bits per heavy atom. The predicted molar refractivity (Wildman–Crippen MR) is 139 cm³/mol. The molecule has 35 heavy (non-hydrogen) atoms. The van der Waals surface area contributed by atoms with Gasteiger partial charge in [-0.15, -0.1) is 0 Å². The van der Waals surface area contributed by atoms with E-state index in [-0.39, 0.29) is 28.0 Å². The third-order valence-corrected chi connectivity index (χ3v) is 6.15. The van der Waals surface area contributed by atoms with E-state index in [2.05, 4.69) is 21.2 Å². The number of anilines is 1. The van der Waals surface area contributed by atoms with Crippen molar-refractivity contribution in [3.63, 3.8) is 0 Å². The summed E-state index contributed by atoms with van der Waals surface area (Å²) in [7, 11) is 1.45. The number of hydrogen-bond donors (Lipinski definition) is 1. The van der Waals surface area contributed by atoms with Gasteiger partial charge in [0.05, 0.1) is 17.8 Å². The smallest absolute Gasteiger partial charge is 0.270 e. The fourth-order valence-corrected chi connectivity index (χ4v) is 4.19. The summed E-state index contributed by atoms with van der Waals surface area (Å²) in [6, 6.07) is 16.4. The average Bonchev–Trinajstić information content (AvgIpc) is 2.83. The van der Waals surface area contributed by atoms with Crippen molar-refractivity contribution in [2.45, 2.75) is 6.61 Å². The Labute approximate surface area is 219 Å². The van der Waals surface area contributed by atoms with Crippen molar-refractivity contribution in [3.05, 3.63) is 92.7 Å². The summed E-state index contributed by atoms with van der Waals surface area (Å²) in [4.78, 5) is 26.7. The Balaban J connectivity index is 1.64. The van der Waals surface area contributed by atoms with Crippen LogP contribution in [0, 0.1) is 5.82 Å². The van der Waals surface area contributed by atoms with E-state index >= 15 is 0 Å². The van der Waals surface area contributed by atoms with Gasteiger partial charge in [0.2, 0.25) is 0 Å². The maximum atomic E-state index is 14.3. The molecule has 1 N–H and O–H groups in total. The number of nitrogens with zero attached hydrogens (tertiary/aromatic N) is 1. The van der Waals surface area contributed by atoms with E-state index in [1.165, 1.54) is 37.5 Å². The molecule has 1 aliphatic rings. The minimum atomic E-state index is -0.769. The number of amides is 2. The van der Waals surface area contributed by atoms with E-state index in [0.29, 0.717) is 17.1 Å². The van der Waals surface area contributed by atoms with E-state index in [4.69, 9.17) is 33.3 Å². The first-order valence-corrected chi connectivity index (χ1v) is 11.8. The lowest BCUT2D eigenvalue weighted by atomic mass is 10.1. The van der Waals surface area contributed by atoms with Crippen molar-refractivity contribution in [1.29, 1.82) is 0 Å². The van der Waals surface area contributed by atoms with Crippen LogP contribution in [0.3, 0.4) is 0 Å². The monoisotopic (exact) mass is 574 g/mol. The van der Waals surface area contributed by atoms with Crippen LogP contribution in [-0.2, 0) is 16.2 Å². The van der Waals surface area contributed by atoms with Crippen LogP contribution in [0.4, 0.5) is 10.1 Å². The summed E-state index contributed by atoms with van der Waals surface area (Å²) < 4.78 is 26.6. The average molecular weight is 576 g/mol. The summed E-state index contributed by atoms with van der Waals surface area (Å²) in [5, 5.41) is 2.43. The molecule has 1 saturated heterocycles. The highest BCUT2D eigenvalue weighted by molar-refractivity contribution is 9.10. The molecule has 0 aliphatic carbocycles. The molecule has 0 bridgehead atoms. The number of carbonyl (C=O) groups excluding carboxylic acids is 2. The maximum absolute atomic E-state index is 14.3. The molecule has 3 aromatic rings. The van der Waals surface area contributed by atoms with E-state index in [1.807, 2.05) is 24.3 Å². The Hall–Kier alpha value is -3.27. The number of ether oxygens (including phenoxy) is 2. The first-order valence-electron chi connectivity index (χ1n) is 10.2. The Kier molecular flexibility index (Phi) is 7.49. The Morgan fingerprint density at radius 3 is 2.54 bits per heavy atom. The molecule has 0 saturated carbocycles. The van der Waals surface area contributed by atoms with E-state index in [9.17, 15) is 14.0 Å². The lowest BCUT2D eigenvalue weighted by molar-refractivity contribution is -0.122. The number of carbonyl (C=O) groups is 2. The van der Waals surface area contributed by atoms with Gasteiger partial charge in [-0.05, 0) is 65.8 Å². The van der Waals surface area contributed by atoms with Gasteiger partial charge in [0, 0.05) is 4.47 Å². The number of nitrogens with one attached hydrogen (secondary N) is 1. The molecule has 3 aromatic carbocycles.